The van der Waals surface area contributed by atoms with Gasteiger partial charge in [0.2, 0.25) is 15.9 Å². The van der Waals surface area contributed by atoms with Crippen LogP contribution in [0.1, 0.15) is 37.0 Å². The molecule has 0 heterocycles. The SMILES string of the molecule is CCOc1cccc(CNC(=O)C(CC)N(c2ccc(C)c(C)c2)S(C)(=O)=O)c1. The lowest BCUT2D eigenvalue weighted by Crippen LogP contribution is -2.49. The van der Waals surface area contributed by atoms with Crippen molar-refractivity contribution < 1.29 is 17.9 Å². The van der Waals surface area contributed by atoms with Gasteiger partial charge in [-0.3, -0.25) is 9.10 Å². The fourth-order valence-electron chi connectivity index (χ4n) is 3.14. The van der Waals surface area contributed by atoms with Gasteiger partial charge >= 0.3 is 0 Å². The number of amides is 1. The number of nitrogens with zero attached hydrogens (tertiary/aromatic N) is 1. The van der Waals surface area contributed by atoms with Gasteiger partial charge in [-0.25, -0.2) is 8.42 Å². The van der Waals surface area contributed by atoms with Crippen LogP contribution in [0.4, 0.5) is 5.69 Å². The van der Waals surface area contributed by atoms with E-state index in [0.29, 0.717) is 25.3 Å². The van der Waals surface area contributed by atoms with Crippen LogP contribution in [-0.2, 0) is 21.4 Å². The van der Waals surface area contributed by atoms with Crippen LogP contribution in [-0.4, -0.2) is 33.2 Å². The Morgan fingerprint density at radius 2 is 1.83 bits per heavy atom. The summed E-state index contributed by atoms with van der Waals surface area (Å²) in [5.41, 5.74) is 3.42. The van der Waals surface area contributed by atoms with Crippen molar-refractivity contribution in [2.75, 3.05) is 17.2 Å². The first-order chi connectivity index (χ1) is 13.7. The van der Waals surface area contributed by atoms with E-state index in [0.717, 1.165) is 28.7 Å². The van der Waals surface area contributed by atoms with Gasteiger partial charge in [-0.1, -0.05) is 25.1 Å². The van der Waals surface area contributed by atoms with Gasteiger partial charge in [-0.2, -0.15) is 0 Å². The Labute approximate surface area is 173 Å². The van der Waals surface area contributed by atoms with Gasteiger partial charge in [0.05, 0.1) is 18.6 Å². The maximum atomic E-state index is 12.9. The number of anilines is 1. The van der Waals surface area contributed by atoms with Gasteiger partial charge in [0.25, 0.3) is 0 Å². The topological polar surface area (TPSA) is 75.7 Å². The molecule has 0 fully saturated rings. The monoisotopic (exact) mass is 418 g/mol. The van der Waals surface area contributed by atoms with Gasteiger partial charge in [0, 0.05) is 6.54 Å². The maximum Gasteiger partial charge on any atom is 0.244 e. The molecule has 2 rings (SSSR count). The van der Waals surface area contributed by atoms with E-state index in [1.165, 1.54) is 4.31 Å². The fourth-order valence-corrected chi connectivity index (χ4v) is 4.35. The number of rotatable bonds is 9. The van der Waals surface area contributed by atoms with Crippen molar-refractivity contribution in [2.45, 2.75) is 46.7 Å². The second-order valence-electron chi connectivity index (χ2n) is 7.05. The summed E-state index contributed by atoms with van der Waals surface area (Å²) >= 11 is 0. The second kappa shape index (κ2) is 9.78. The molecule has 1 unspecified atom stereocenters. The average molecular weight is 419 g/mol. The predicted octanol–water partition coefficient (Wildman–Crippen LogP) is 3.56. The highest BCUT2D eigenvalue weighted by Gasteiger charge is 2.31. The molecule has 0 aromatic heterocycles. The molecule has 0 radical (unpaired) electrons. The van der Waals surface area contributed by atoms with E-state index >= 15 is 0 Å². The lowest BCUT2D eigenvalue weighted by atomic mass is 10.1. The number of sulfonamides is 1. The number of carbonyl (C=O) groups excluding carboxylic acids is 1. The Bertz CT molecular complexity index is 957. The lowest BCUT2D eigenvalue weighted by Gasteiger charge is -2.30. The number of aryl methyl sites for hydroxylation is 2. The molecule has 7 heteroatoms. The Morgan fingerprint density at radius 1 is 1.10 bits per heavy atom. The van der Waals surface area contributed by atoms with Crippen LogP contribution in [0, 0.1) is 13.8 Å². The van der Waals surface area contributed by atoms with Gasteiger partial charge in [0.15, 0.2) is 0 Å². The van der Waals surface area contributed by atoms with E-state index in [1.807, 2.05) is 51.1 Å². The predicted molar refractivity (Wildman–Crippen MR) is 117 cm³/mol. The normalized spacial score (nSPS) is 12.3. The Kier molecular flexibility index (Phi) is 7.67. The summed E-state index contributed by atoms with van der Waals surface area (Å²) in [6.07, 6.45) is 1.48. The molecule has 0 spiro atoms. The van der Waals surface area contributed by atoms with Crippen molar-refractivity contribution in [3.8, 4) is 5.75 Å². The Balaban J connectivity index is 2.24. The molecule has 1 atom stereocenters. The van der Waals surface area contributed by atoms with Crippen LogP contribution in [0.5, 0.6) is 5.75 Å². The molecule has 6 nitrogen and oxygen atoms in total. The molecule has 0 bridgehead atoms. The number of hydrogen-bond donors (Lipinski definition) is 1. The fraction of sp³-hybridized carbons (Fsp3) is 0.409. The summed E-state index contributed by atoms with van der Waals surface area (Å²) in [5.74, 6) is 0.400. The van der Waals surface area contributed by atoms with Crippen molar-refractivity contribution in [1.29, 1.82) is 0 Å². The van der Waals surface area contributed by atoms with E-state index in [2.05, 4.69) is 5.32 Å². The smallest absolute Gasteiger partial charge is 0.244 e. The second-order valence-corrected chi connectivity index (χ2v) is 8.91. The molecule has 1 N–H and O–H groups in total. The van der Waals surface area contributed by atoms with Crippen LogP contribution in [0.2, 0.25) is 0 Å². The van der Waals surface area contributed by atoms with Crippen LogP contribution < -0.4 is 14.4 Å². The molecule has 2 aromatic rings. The molecular weight excluding hydrogens is 388 g/mol. The Hall–Kier alpha value is -2.54. The summed E-state index contributed by atoms with van der Waals surface area (Å²) < 4.78 is 31.8. The van der Waals surface area contributed by atoms with Crippen LogP contribution in [0.3, 0.4) is 0 Å². The minimum atomic E-state index is -3.65. The van der Waals surface area contributed by atoms with Crippen molar-refractivity contribution in [1.82, 2.24) is 5.32 Å². The summed E-state index contributed by atoms with van der Waals surface area (Å²) in [4.78, 5) is 12.9. The number of ether oxygens (including phenoxy) is 1. The molecule has 0 aliphatic carbocycles. The third-order valence-electron chi connectivity index (χ3n) is 4.75. The quantitative estimate of drug-likeness (QED) is 0.676. The standard InChI is InChI=1S/C22H30N2O4S/c1-6-21(22(25)23-15-18-9-8-10-20(14-18)28-7-2)24(29(5,26)27)19-12-11-16(3)17(4)13-19/h8-14,21H,6-7,15H2,1-5H3,(H,23,25). The molecule has 1 amide bonds. The van der Waals surface area contributed by atoms with Gasteiger partial charge in [-0.15, -0.1) is 0 Å². The minimum absolute atomic E-state index is 0.292. The first-order valence-electron chi connectivity index (χ1n) is 9.73. The van der Waals surface area contributed by atoms with Gasteiger partial charge in [0.1, 0.15) is 11.8 Å². The van der Waals surface area contributed by atoms with Crippen LogP contribution in [0.15, 0.2) is 42.5 Å². The molecule has 2 aromatic carbocycles. The van der Waals surface area contributed by atoms with Crippen molar-refractivity contribution in [3.63, 3.8) is 0 Å². The van der Waals surface area contributed by atoms with Crippen molar-refractivity contribution in [2.24, 2.45) is 0 Å². The number of hydrogen-bond acceptors (Lipinski definition) is 4. The van der Waals surface area contributed by atoms with E-state index < -0.39 is 16.1 Å². The summed E-state index contributed by atoms with van der Waals surface area (Å²) in [5, 5.41) is 2.87. The van der Waals surface area contributed by atoms with Gasteiger partial charge in [-0.05, 0) is 68.1 Å². The zero-order valence-corrected chi connectivity index (χ0v) is 18.5. The molecule has 0 saturated heterocycles. The molecule has 29 heavy (non-hydrogen) atoms. The summed E-state index contributed by atoms with van der Waals surface area (Å²) in [7, 11) is -3.65. The number of benzene rings is 2. The van der Waals surface area contributed by atoms with E-state index in [-0.39, 0.29) is 5.91 Å². The summed E-state index contributed by atoms with van der Waals surface area (Å²) in [6.45, 7) is 8.45. The Morgan fingerprint density at radius 3 is 2.41 bits per heavy atom. The average Bonchev–Trinajstić information content (AvgIpc) is 2.66. The molecule has 0 aliphatic heterocycles. The third-order valence-corrected chi connectivity index (χ3v) is 5.93. The molecular formula is C22H30N2O4S. The number of nitrogens with one attached hydrogen (secondary N) is 1. The zero-order valence-electron chi connectivity index (χ0n) is 17.7. The van der Waals surface area contributed by atoms with E-state index in [4.69, 9.17) is 4.74 Å². The first-order valence-corrected chi connectivity index (χ1v) is 11.6. The summed E-state index contributed by atoms with van der Waals surface area (Å²) in [6, 6.07) is 12.1. The first kappa shape index (κ1) is 22.7. The molecule has 158 valence electrons. The largest absolute Gasteiger partial charge is 0.494 e. The van der Waals surface area contributed by atoms with Crippen LogP contribution in [0.25, 0.3) is 0 Å². The van der Waals surface area contributed by atoms with E-state index in [1.54, 1.807) is 19.1 Å². The third kappa shape index (κ3) is 5.97. The van der Waals surface area contributed by atoms with Crippen LogP contribution >= 0.6 is 0 Å². The van der Waals surface area contributed by atoms with Gasteiger partial charge < -0.3 is 10.1 Å². The zero-order chi connectivity index (χ0) is 21.6. The highest BCUT2D eigenvalue weighted by atomic mass is 32.2. The molecule has 0 saturated carbocycles. The van der Waals surface area contributed by atoms with Crippen molar-refractivity contribution in [3.05, 3.63) is 59.2 Å². The lowest BCUT2D eigenvalue weighted by molar-refractivity contribution is -0.122. The minimum Gasteiger partial charge on any atom is -0.494 e. The van der Waals surface area contributed by atoms with E-state index in [9.17, 15) is 13.2 Å². The van der Waals surface area contributed by atoms with Crippen molar-refractivity contribution >= 4 is 21.6 Å². The number of carbonyl (C=O) groups is 1. The molecule has 0 aliphatic rings. The maximum absolute atomic E-state index is 12.9. The highest BCUT2D eigenvalue weighted by molar-refractivity contribution is 7.92. The highest BCUT2D eigenvalue weighted by Crippen LogP contribution is 2.25.